The second-order valence-electron chi connectivity index (χ2n) is 17.4. The largest absolute Gasteiger partial charge is 0.505 e. The van der Waals surface area contributed by atoms with Gasteiger partial charge in [-0.3, -0.25) is 14.4 Å². The van der Waals surface area contributed by atoms with Crippen LogP contribution in [-0.2, 0) is 33.3 Å². The minimum Gasteiger partial charge on any atom is -0.505 e. The predicted octanol–water partition coefficient (Wildman–Crippen LogP) is 4.53. The molecule has 0 unspecified atom stereocenters. The second kappa shape index (κ2) is 12.8. The Balaban J connectivity index is 1.60. The van der Waals surface area contributed by atoms with E-state index in [4.69, 9.17) is 18.9 Å². The molecule has 1 saturated heterocycles. The van der Waals surface area contributed by atoms with Crippen LogP contribution in [0, 0.1) is 39.4 Å². The van der Waals surface area contributed by atoms with Crippen LogP contribution in [-0.4, -0.2) is 91.6 Å². The molecule has 0 aromatic carbocycles. The van der Waals surface area contributed by atoms with Crippen molar-refractivity contribution >= 4 is 17.5 Å². The molecule has 12 nitrogen and oxygen atoms in total. The predicted molar refractivity (Wildman–Crippen MR) is 185 cm³/mol. The van der Waals surface area contributed by atoms with Crippen LogP contribution in [0.4, 0.5) is 0 Å². The van der Waals surface area contributed by atoms with Crippen molar-refractivity contribution in [2.24, 2.45) is 39.4 Å². The highest BCUT2D eigenvalue weighted by Gasteiger charge is 2.73. The summed E-state index contributed by atoms with van der Waals surface area (Å²) in [5.74, 6) is -3.66. The first kappa shape index (κ1) is 39.2. The molecule has 0 aromatic rings. The van der Waals surface area contributed by atoms with Crippen LogP contribution < -0.4 is 0 Å². The Labute approximate surface area is 300 Å². The molecule has 12 atom stereocenters. The summed E-state index contributed by atoms with van der Waals surface area (Å²) in [5, 5.41) is 54.5. The van der Waals surface area contributed by atoms with Gasteiger partial charge in [0.25, 0.3) is 5.95 Å². The van der Waals surface area contributed by atoms with E-state index in [0.29, 0.717) is 25.7 Å². The van der Waals surface area contributed by atoms with Gasteiger partial charge in [-0.05, 0) is 101 Å². The topological polar surface area (TPSA) is 189 Å². The summed E-state index contributed by atoms with van der Waals surface area (Å²) >= 11 is 0. The SMILES string of the molecule is C=C(O)O[C@H]1CO[C@@H](O[C@@H]2C[C@@]3(C)[C@@H]4CC=C5[C@@H](C=C(O)C(=O)C5(C)C)[C@]4(C)CC[C@]3(C)[C@H]2[C@@](C)(O)C(=O)/C=C/C(C)(C)O)[C@H](OC(C)=O)[C@H]1O. The van der Waals surface area contributed by atoms with Crippen LogP contribution in [0.2, 0.25) is 0 Å². The van der Waals surface area contributed by atoms with Gasteiger partial charge in [0.2, 0.25) is 5.78 Å². The van der Waals surface area contributed by atoms with Gasteiger partial charge < -0.3 is 44.5 Å². The monoisotopic (exact) mass is 716 g/mol. The molecular weight excluding hydrogens is 660 g/mol. The van der Waals surface area contributed by atoms with E-state index in [1.54, 1.807) is 6.08 Å². The number of ketones is 2. The molecule has 0 amide bonds. The fourth-order valence-corrected chi connectivity index (χ4v) is 10.5. The van der Waals surface area contributed by atoms with Crippen molar-refractivity contribution in [3.05, 3.63) is 48.2 Å². The quantitative estimate of drug-likeness (QED) is 0.0972. The average molecular weight is 717 g/mol. The number of hydrogen-bond donors (Lipinski definition) is 5. The summed E-state index contributed by atoms with van der Waals surface area (Å²) in [4.78, 5) is 39.3. The molecule has 5 aliphatic rings. The van der Waals surface area contributed by atoms with Gasteiger partial charge in [0.1, 0.15) is 11.7 Å². The minimum atomic E-state index is -2.01. The Hall–Kier alpha value is -3.03. The smallest absolute Gasteiger partial charge is 0.303 e. The lowest BCUT2D eigenvalue weighted by atomic mass is 9.39. The van der Waals surface area contributed by atoms with E-state index in [-0.39, 0.29) is 30.0 Å². The lowest BCUT2D eigenvalue weighted by molar-refractivity contribution is -0.298. The number of carbonyl (C=O) groups is 3. The Morgan fingerprint density at radius 1 is 1.04 bits per heavy atom. The number of Topliss-reactive ketones (excluding diaryl/α,β-unsaturated/α-hetero) is 1. The van der Waals surface area contributed by atoms with E-state index < -0.39 is 87.2 Å². The van der Waals surface area contributed by atoms with Gasteiger partial charge in [-0.1, -0.05) is 38.5 Å². The normalized spacial score (nSPS) is 41.7. The molecule has 12 heteroatoms. The number of rotatable bonds is 9. The number of esters is 1. The van der Waals surface area contributed by atoms with Crippen LogP contribution in [0.3, 0.4) is 0 Å². The van der Waals surface area contributed by atoms with E-state index in [9.17, 15) is 39.9 Å². The number of ether oxygens (including phenoxy) is 4. The third-order valence-electron chi connectivity index (χ3n) is 13.3. The molecule has 3 fully saturated rings. The molecule has 0 aromatic heterocycles. The molecular formula is C39H56O12. The first-order valence-electron chi connectivity index (χ1n) is 17.8. The summed E-state index contributed by atoms with van der Waals surface area (Å²) in [7, 11) is 0. The molecule has 0 radical (unpaired) electrons. The molecule has 2 saturated carbocycles. The van der Waals surface area contributed by atoms with Gasteiger partial charge >= 0.3 is 5.97 Å². The van der Waals surface area contributed by atoms with Gasteiger partial charge in [0.05, 0.1) is 23.7 Å². The number of aliphatic hydroxyl groups excluding tert-OH is 3. The van der Waals surface area contributed by atoms with Crippen LogP contribution in [0.15, 0.2) is 48.2 Å². The maximum Gasteiger partial charge on any atom is 0.303 e. The van der Waals surface area contributed by atoms with Gasteiger partial charge in [0, 0.05) is 18.8 Å². The molecule has 4 aliphatic carbocycles. The van der Waals surface area contributed by atoms with Crippen molar-refractivity contribution in [2.75, 3.05) is 6.61 Å². The fraction of sp³-hybridized carbons (Fsp3) is 0.718. The molecule has 284 valence electrons. The van der Waals surface area contributed by atoms with E-state index in [2.05, 4.69) is 33.4 Å². The molecule has 1 aliphatic heterocycles. The number of aliphatic hydroxyl groups is 5. The van der Waals surface area contributed by atoms with E-state index >= 15 is 0 Å². The number of allylic oxidation sites excluding steroid dienone is 4. The van der Waals surface area contributed by atoms with Gasteiger partial charge in [0.15, 0.2) is 30.0 Å². The third kappa shape index (κ3) is 6.38. The summed E-state index contributed by atoms with van der Waals surface area (Å²) < 4.78 is 23.4. The van der Waals surface area contributed by atoms with Crippen molar-refractivity contribution in [2.45, 2.75) is 130 Å². The zero-order valence-electron chi connectivity index (χ0n) is 31.3. The number of fused-ring (bicyclic) bond motifs is 5. The summed E-state index contributed by atoms with van der Waals surface area (Å²) in [6, 6.07) is 0. The highest BCUT2D eigenvalue weighted by atomic mass is 16.7. The standard InChI is InChI=1S/C39H56O12/c1-20(40)49-26-19-48-33(30(29(26)44)50-21(2)41)51-25-18-38(9)27-12-11-22-23(17-24(42)32(45)35(22,5)6)36(27,7)15-16-37(38,8)31(25)39(10,47)28(43)13-14-34(3,4)46/h11,13-14,17,23,25-27,29-31,33,40,42,44,46-47H,1,12,15-16,18-19H2,2-10H3/b14-13+/t23-,25-,26+,27-,29+,30-,31+,33+,36+,37-,38+,39+/m1/s1. The molecule has 1 heterocycles. The highest BCUT2D eigenvalue weighted by Crippen LogP contribution is 2.75. The molecule has 51 heavy (non-hydrogen) atoms. The first-order chi connectivity index (χ1) is 23.3. The maximum atomic E-state index is 14.0. The van der Waals surface area contributed by atoms with Crippen molar-refractivity contribution in [3.8, 4) is 0 Å². The fourth-order valence-electron chi connectivity index (χ4n) is 10.5. The first-order valence-corrected chi connectivity index (χ1v) is 17.8. The zero-order valence-corrected chi connectivity index (χ0v) is 31.3. The van der Waals surface area contributed by atoms with Crippen molar-refractivity contribution < 1.29 is 58.9 Å². The summed E-state index contributed by atoms with van der Waals surface area (Å²) in [5.41, 5.74) is -4.95. The number of carbonyl (C=O) groups excluding carboxylic acids is 3. The van der Waals surface area contributed by atoms with Crippen LogP contribution in [0.1, 0.15) is 88.0 Å². The lowest BCUT2D eigenvalue weighted by Gasteiger charge is -2.64. The molecule has 0 spiro atoms. The molecule has 5 rings (SSSR count). The average Bonchev–Trinajstić information content (AvgIpc) is 3.24. The van der Waals surface area contributed by atoms with Crippen LogP contribution in [0.25, 0.3) is 0 Å². The van der Waals surface area contributed by atoms with Gasteiger partial charge in [-0.2, -0.15) is 0 Å². The minimum absolute atomic E-state index is 0.0463. The van der Waals surface area contributed by atoms with Crippen molar-refractivity contribution in [1.29, 1.82) is 0 Å². The third-order valence-corrected chi connectivity index (χ3v) is 13.3. The highest BCUT2D eigenvalue weighted by molar-refractivity contribution is 6.01. The van der Waals surface area contributed by atoms with Gasteiger partial charge in [-0.15, -0.1) is 0 Å². The molecule has 0 bridgehead atoms. The summed E-state index contributed by atoms with van der Waals surface area (Å²) in [6.07, 6.45) is 2.33. The second-order valence-corrected chi connectivity index (χ2v) is 17.4. The van der Waals surface area contributed by atoms with E-state index in [1.807, 2.05) is 13.8 Å². The maximum absolute atomic E-state index is 14.0. The van der Waals surface area contributed by atoms with E-state index in [0.717, 1.165) is 5.57 Å². The molecule has 5 N–H and O–H groups in total. The lowest BCUT2D eigenvalue weighted by Crippen LogP contribution is -2.61. The van der Waals surface area contributed by atoms with Crippen molar-refractivity contribution in [3.63, 3.8) is 0 Å². The van der Waals surface area contributed by atoms with Crippen LogP contribution in [0.5, 0.6) is 0 Å². The number of hydrogen-bond acceptors (Lipinski definition) is 12. The van der Waals surface area contributed by atoms with E-state index in [1.165, 1.54) is 39.8 Å². The van der Waals surface area contributed by atoms with Crippen molar-refractivity contribution in [1.82, 2.24) is 0 Å². The Bertz CT molecular complexity index is 1550. The Morgan fingerprint density at radius 3 is 2.27 bits per heavy atom. The Morgan fingerprint density at radius 2 is 1.69 bits per heavy atom. The van der Waals surface area contributed by atoms with Gasteiger partial charge in [-0.25, -0.2) is 0 Å². The van der Waals surface area contributed by atoms with Crippen LogP contribution >= 0.6 is 0 Å². The Kier molecular flexibility index (Phi) is 9.85. The summed E-state index contributed by atoms with van der Waals surface area (Å²) in [6.45, 7) is 18.8. The zero-order chi connectivity index (χ0) is 38.3.